The van der Waals surface area contributed by atoms with Crippen molar-refractivity contribution in [3.63, 3.8) is 0 Å². The van der Waals surface area contributed by atoms with Crippen molar-refractivity contribution in [3.8, 4) is 12.1 Å². The van der Waals surface area contributed by atoms with Gasteiger partial charge in [-0.2, -0.15) is 45.5 Å². The summed E-state index contributed by atoms with van der Waals surface area (Å²) < 4.78 is 0. The second-order valence-corrected chi connectivity index (χ2v) is 19.3. The third-order valence-corrected chi connectivity index (χ3v) is 13.1. The van der Waals surface area contributed by atoms with Crippen LogP contribution in [0.4, 0.5) is 22.7 Å². The fraction of sp³-hybridized carbons (Fsp3) is 0.312. The smallest absolute Gasteiger partial charge is 0.230 e. The van der Waals surface area contributed by atoms with Crippen molar-refractivity contribution in [3.05, 3.63) is 193 Å². The number of aromatic nitrogens is 16. The number of H-pyrrole nitrogens is 2. The second-order valence-electron chi connectivity index (χ2n) is 19.3. The van der Waals surface area contributed by atoms with Crippen LogP contribution in [0.1, 0.15) is 134 Å². The quantitative estimate of drug-likeness (QED) is 0.0111. The normalized spacial score (nSPS) is 9.78. The Morgan fingerprint density at radius 3 is 0.972 bits per heavy atom. The summed E-state index contributed by atoms with van der Waals surface area (Å²) in [5.41, 5.74) is 6.22. The number of nitrogens with one attached hydrogen (secondary N) is 6. The van der Waals surface area contributed by atoms with Crippen molar-refractivity contribution in [2.45, 2.75) is 69.2 Å². The number of carboxylic acids is 4. The molecule has 4 aromatic carbocycles. The number of carboxylic acid groups (broad SMARTS) is 4. The number of hydrogen-bond donors (Lipinski definition) is 6. The van der Waals surface area contributed by atoms with Gasteiger partial charge in [-0.15, -0.1) is 52.2 Å². The number of aromatic carboxylic acids is 4. The molecule has 42 nitrogen and oxygen atoms in total. The molecule has 45 heteroatoms. The molecular formula is C64H84Mn3N32O10-12. The Morgan fingerprint density at radius 1 is 0.477 bits per heavy atom. The van der Waals surface area contributed by atoms with E-state index < -0.39 is 23.9 Å². The number of hydrogen-bond acceptors (Lipinski definition) is 30. The molecular weight excluding hydrogens is 1540 g/mol. The van der Waals surface area contributed by atoms with E-state index >= 15 is 0 Å². The Morgan fingerprint density at radius 2 is 0.761 bits per heavy atom. The van der Waals surface area contributed by atoms with Crippen LogP contribution >= 0.6 is 0 Å². The molecule has 0 atom stereocenters. The Bertz CT molecular complexity index is 3780. The molecule has 0 saturated carbocycles. The minimum Gasteiger partial charge on any atom is -0.870 e. The molecule has 0 fully saturated rings. The maximum Gasteiger partial charge on any atom is 0.230 e. The molecule has 8 aromatic rings. The molecule has 8 rings (SSSR count). The third kappa shape index (κ3) is 43.6. The maximum absolute atomic E-state index is 10.8. The Balaban J connectivity index is -0.000000225. The molecule has 0 bridgehead atoms. The number of nitriles is 2. The number of benzene rings is 4. The van der Waals surface area contributed by atoms with Gasteiger partial charge in [0.15, 0.2) is 11.4 Å². The number of azo groups is 2. The predicted molar refractivity (Wildman–Crippen MR) is 377 cm³/mol. The molecule has 0 aliphatic carbocycles. The van der Waals surface area contributed by atoms with E-state index in [9.17, 15) is 39.6 Å². The van der Waals surface area contributed by atoms with Gasteiger partial charge in [0.1, 0.15) is 23.6 Å². The molecule has 0 aliphatic heterocycles. The number of rotatable bonds is 26. The van der Waals surface area contributed by atoms with Crippen LogP contribution < -0.4 is 50.2 Å². The van der Waals surface area contributed by atoms with Crippen LogP contribution in [0.5, 0.6) is 0 Å². The van der Waals surface area contributed by atoms with E-state index in [1.54, 1.807) is 57.9 Å². The molecule has 593 valence electrons. The topological polar surface area (TPSA) is 647 Å². The number of carbonyl (C=O) groups is 4. The van der Waals surface area contributed by atoms with Crippen molar-refractivity contribution in [2.24, 2.45) is 30.7 Å². The van der Waals surface area contributed by atoms with Crippen molar-refractivity contribution in [1.29, 1.82) is 10.5 Å². The van der Waals surface area contributed by atoms with E-state index in [0.29, 0.717) is 0 Å². The van der Waals surface area contributed by atoms with E-state index in [-0.39, 0.29) is 168 Å². The zero-order valence-corrected chi connectivity index (χ0v) is 65.2. The monoisotopic (exact) mass is 1630 g/mol. The first kappa shape index (κ1) is 111. The summed E-state index contributed by atoms with van der Waals surface area (Å²) >= 11 is 0. The number of carbonyl (C=O) groups excluding carboxylic acids is 4. The van der Waals surface area contributed by atoms with Gasteiger partial charge >= 0.3 is 0 Å². The molecule has 0 unspecified atom stereocenters. The van der Waals surface area contributed by atoms with Crippen LogP contribution in [0.25, 0.3) is 33.1 Å². The molecule has 0 saturated heterocycles. The summed E-state index contributed by atoms with van der Waals surface area (Å²) in [5, 5.41) is 152. The van der Waals surface area contributed by atoms with E-state index in [0.717, 1.165) is 26.2 Å². The van der Waals surface area contributed by atoms with E-state index in [2.05, 4.69) is 207 Å². The second kappa shape index (κ2) is 67.0. The summed E-state index contributed by atoms with van der Waals surface area (Å²) in [6.45, 7) is 34.0. The van der Waals surface area contributed by atoms with Gasteiger partial charge in [-0.05, 0) is 103 Å². The van der Waals surface area contributed by atoms with E-state index in [1.165, 1.54) is 122 Å². The summed E-state index contributed by atoms with van der Waals surface area (Å²) in [7, 11) is 7.58. The van der Waals surface area contributed by atoms with Gasteiger partial charge in [-0.3, -0.25) is 20.6 Å². The number of quaternary nitrogens is 4. The summed E-state index contributed by atoms with van der Waals surface area (Å²) in [6, 6.07) is 26.8. The summed E-state index contributed by atoms with van der Waals surface area (Å²) in [4.78, 5) is 49.4. The largest absolute Gasteiger partial charge is 0.870 e. The first-order chi connectivity index (χ1) is 49.2. The summed E-state index contributed by atoms with van der Waals surface area (Å²) in [6.07, 6.45) is 0. The Hall–Kier alpha value is -11.6. The van der Waals surface area contributed by atoms with Gasteiger partial charge in [0, 0.05) is 62.3 Å². The standard InChI is InChI=1S/4C10H6N7O2.2C6H15N.2C5H13N.2CH3.3Mn.2H2O/c4*11-5-8(9-14-16-17-15-9)13-12-7-4-2-1-3-6(7)10(18)19;2*1-4-7(5-2)6-3;2*1-4-6(3)5-2;;;;;;;/h2*1-4H,(H,18,19)(H,14,15,16,17);2*1-4H,(H2-,12,13,14,15,16,17,18,19);2*4-6H2,1-3H3;2*6H,3-5H2,1-2H3;2*1H3;;;;2*1H2/q4*-1;;;;;2*-1;;;;;/p-6. The Labute approximate surface area is 662 Å². The molecule has 4 heterocycles. The van der Waals surface area contributed by atoms with Crippen LogP contribution in [-0.2, 0) is 51.2 Å². The number of tetrazole rings is 4. The number of nitrogens with zero attached hydrogens (tertiary/aromatic N) is 26. The minimum atomic E-state index is -1.39. The zero-order valence-electron chi connectivity index (χ0n) is 61.6. The van der Waals surface area contributed by atoms with Crippen molar-refractivity contribution in [1.82, 2.24) is 82.5 Å². The van der Waals surface area contributed by atoms with E-state index in [4.69, 9.17) is 21.3 Å². The zero-order chi connectivity index (χ0) is 76.0. The molecule has 0 spiro atoms. The molecule has 4 aromatic heterocycles. The van der Waals surface area contributed by atoms with Crippen molar-refractivity contribution < 1.29 is 121 Å². The van der Waals surface area contributed by atoms with Crippen LogP contribution in [0.2, 0.25) is 0 Å². The minimum absolute atomic E-state index is 0. The van der Waals surface area contributed by atoms with E-state index in [1.807, 2.05) is 0 Å². The fourth-order valence-electron chi connectivity index (χ4n) is 6.82. The SMILES string of the molecule is CC[NH+](CC)CC.CC[NH+](CC)CC.N#C/C(=N/[N-]c1ccccc1C(=O)[O-])c1nnn[n-]1.N#C/C(=N/[N-]c1ccccc1C(=O)[O-])c1nnn[n-]1.[CH2-][NH+](CC)CC.[CH2-][NH+](CC)CC.[CH3-].[CH3-].[Mn].[Mn].[Mn].[N-]=C=C(N=Nc1ccccc1C(=O)[O-])c1nn[nH]n1.[N-]=C=C(N=Nc1ccccc1C(=O)[O-])c1nn[nH]n1.[OH-].[OH-]. The average molecular weight is 1630 g/mol. The van der Waals surface area contributed by atoms with Crippen LogP contribution in [0.15, 0.2) is 128 Å². The fourth-order valence-corrected chi connectivity index (χ4v) is 6.82. The molecule has 0 aliphatic rings. The van der Waals surface area contributed by atoms with Crippen LogP contribution in [-0.4, -0.2) is 196 Å². The average Bonchev–Trinajstić information content (AvgIpc) is 1.59. The van der Waals surface area contributed by atoms with Gasteiger partial charge in [0.2, 0.25) is 11.6 Å². The molecule has 109 heavy (non-hydrogen) atoms. The van der Waals surface area contributed by atoms with Gasteiger partial charge in [-0.25, -0.2) is 11.7 Å². The first-order valence-electron chi connectivity index (χ1n) is 31.0. The maximum atomic E-state index is 10.8. The third-order valence-electron chi connectivity index (χ3n) is 13.1. The predicted octanol–water partition coefficient (Wildman–Crippen LogP) is -2.09. The molecule has 0 amide bonds. The molecule has 8 N–H and O–H groups in total. The van der Waals surface area contributed by atoms with Crippen LogP contribution in [0.3, 0.4) is 0 Å². The summed E-state index contributed by atoms with van der Waals surface area (Å²) in [5.74, 6) is -2.31. The molecule has 3 radical (unpaired) electrons. The number of aromatic amines is 2. The Kier molecular flexibility index (Phi) is 68.1. The van der Waals surface area contributed by atoms with Crippen LogP contribution in [0, 0.1) is 51.6 Å². The first-order valence-corrected chi connectivity index (χ1v) is 31.0. The van der Waals surface area contributed by atoms with Gasteiger partial charge in [0.25, 0.3) is 0 Å². The van der Waals surface area contributed by atoms with Gasteiger partial charge in [-0.1, -0.05) is 84.9 Å². The van der Waals surface area contributed by atoms with Crippen molar-refractivity contribution >= 4 is 81.2 Å². The van der Waals surface area contributed by atoms with Crippen molar-refractivity contribution in [2.75, 3.05) is 65.4 Å². The van der Waals surface area contributed by atoms with Gasteiger partial charge in [0.05, 0.1) is 112 Å². The van der Waals surface area contributed by atoms with Gasteiger partial charge < -0.3 is 127 Å².